The fourth-order valence-electron chi connectivity index (χ4n) is 2.03. The molecule has 0 aliphatic rings. The molecule has 0 spiro atoms. The van der Waals surface area contributed by atoms with E-state index in [1.165, 1.54) is 12.1 Å². The number of halogens is 2. The molecule has 0 heterocycles. The Kier molecular flexibility index (Phi) is 5.56. The lowest BCUT2D eigenvalue weighted by Gasteiger charge is -2.19. The van der Waals surface area contributed by atoms with Gasteiger partial charge in [0.1, 0.15) is 0 Å². The van der Waals surface area contributed by atoms with Crippen LogP contribution in [0.5, 0.6) is 0 Å². The molecule has 1 aromatic carbocycles. The molecule has 1 N–H and O–H groups in total. The first-order valence-electron chi connectivity index (χ1n) is 6.15. The van der Waals surface area contributed by atoms with Crippen molar-refractivity contribution >= 4 is 0 Å². The molecule has 0 aromatic heterocycles. The minimum Gasteiger partial charge on any atom is -0.317 e. The SMILES string of the molecule is CNC(CCCc1ccc(F)c(F)c1)C(C)C. The summed E-state index contributed by atoms with van der Waals surface area (Å²) < 4.78 is 25.7. The summed E-state index contributed by atoms with van der Waals surface area (Å²) in [4.78, 5) is 0. The van der Waals surface area contributed by atoms with Crippen molar-refractivity contribution in [2.24, 2.45) is 5.92 Å². The van der Waals surface area contributed by atoms with Crippen LogP contribution in [0, 0.1) is 17.6 Å². The van der Waals surface area contributed by atoms with E-state index in [1.54, 1.807) is 6.07 Å². The third-order valence-electron chi connectivity index (χ3n) is 3.14. The van der Waals surface area contributed by atoms with Gasteiger partial charge in [-0.1, -0.05) is 19.9 Å². The first kappa shape index (κ1) is 14.1. The smallest absolute Gasteiger partial charge is 0.159 e. The Labute approximate surface area is 102 Å². The summed E-state index contributed by atoms with van der Waals surface area (Å²) in [6, 6.07) is 4.63. The van der Waals surface area contributed by atoms with Crippen molar-refractivity contribution in [1.82, 2.24) is 5.32 Å². The van der Waals surface area contributed by atoms with Crippen LogP contribution < -0.4 is 5.32 Å². The van der Waals surface area contributed by atoms with Gasteiger partial charge < -0.3 is 5.32 Å². The summed E-state index contributed by atoms with van der Waals surface area (Å²) in [6.07, 6.45) is 2.82. The van der Waals surface area contributed by atoms with Gasteiger partial charge in [0.25, 0.3) is 0 Å². The number of rotatable bonds is 6. The van der Waals surface area contributed by atoms with Gasteiger partial charge >= 0.3 is 0 Å². The summed E-state index contributed by atoms with van der Waals surface area (Å²) in [6.45, 7) is 4.36. The van der Waals surface area contributed by atoms with Crippen LogP contribution in [0.25, 0.3) is 0 Å². The third kappa shape index (κ3) is 4.43. The minimum absolute atomic E-state index is 0.486. The first-order valence-corrected chi connectivity index (χ1v) is 6.15. The van der Waals surface area contributed by atoms with E-state index >= 15 is 0 Å². The molecule has 1 nitrogen and oxygen atoms in total. The van der Waals surface area contributed by atoms with E-state index in [0.29, 0.717) is 12.0 Å². The van der Waals surface area contributed by atoms with E-state index in [-0.39, 0.29) is 0 Å². The summed E-state index contributed by atoms with van der Waals surface area (Å²) >= 11 is 0. The molecule has 0 fully saturated rings. The highest BCUT2D eigenvalue weighted by molar-refractivity contribution is 5.17. The van der Waals surface area contributed by atoms with Crippen molar-refractivity contribution in [1.29, 1.82) is 0 Å². The van der Waals surface area contributed by atoms with E-state index in [9.17, 15) is 8.78 Å². The van der Waals surface area contributed by atoms with E-state index in [2.05, 4.69) is 19.2 Å². The minimum atomic E-state index is -0.774. The predicted molar refractivity (Wildman–Crippen MR) is 67.0 cm³/mol. The lowest BCUT2D eigenvalue weighted by Crippen LogP contribution is -2.30. The topological polar surface area (TPSA) is 12.0 Å². The monoisotopic (exact) mass is 241 g/mol. The maximum absolute atomic E-state index is 13.0. The average Bonchev–Trinajstić information content (AvgIpc) is 2.28. The predicted octanol–water partition coefficient (Wildman–Crippen LogP) is 3.53. The van der Waals surface area contributed by atoms with Gasteiger partial charge in [0.2, 0.25) is 0 Å². The molecule has 1 rings (SSSR count). The molecule has 3 heteroatoms. The lowest BCUT2D eigenvalue weighted by atomic mass is 9.97. The van der Waals surface area contributed by atoms with Gasteiger partial charge in [-0.15, -0.1) is 0 Å². The summed E-state index contributed by atoms with van der Waals surface area (Å²) in [5.74, 6) is -0.939. The molecule has 0 amide bonds. The van der Waals surface area contributed by atoms with E-state index in [0.717, 1.165) is 24.8 Å². The Morgan fingerprint density at radius 2 is 1.88 bits per heavy atom. The molecular weight excluding hydrogens is 220 g/mol. The average molecular weight is 241 g/mol. The van der Waals surface area contributed by atoms with Gasteiger partial charge in [-0.3, -0.25) is 0 Å². The Bertz CT molecular complexity index is 350. The molecule has 1 aromatic rings. The molecule has 0 bridgehead atoms. The van der Waals surface area contributed by atoms with Crippen LogP contribution in [0.1, 0.15) is 32.3 Å². The number of benzene rings is 1. The molecule has 0 saturated heterocycles. The molecule has 0 aliphatic heterocycles. The van der Waals surface area contributed by atoms with Crippen molar-refractivity contribution in [2.75, 3.05) is 7.05 Å². The zero-order valence-electron chi connectivity index (χ0n) is 10.8. The highest BCUT2D eigenvalue weighted by Gasteiger charge is 2.10. The lowest BCUT2D eigenvalue weighted by molar-refractivity contribution is 0.393. The zero-order valence-corrected chi connectivity index (χ0v) is 10.8. The van der Waals surface area contributed by atoms with E-state index in [1.807, 2.05) is 7.05 Å². The second-order valence-electron chi connectivity index (χ2n) is 4.78. The van der Waals surface area contributed by atoms with Gasteiger partial charge in [-0.05, 0) is 49.9 Å². The molecule has 1 unspecified atom stereocenters. The zero-order chi connectivity index (χ0) is 12.8. The van der Waals surface area contributed by atoms with Crippen LogP contribution in [0.2, 0.25) is 0 Å². The molecule has 0 saturated carbocycles. The molecule has 0 aliphatic carbocycles. The fourth-order valence-corrected chi connectivity index (χ4v) is 2.03. The van der Waals surface area contributed by atoms with Crippen molar-refractivity contribution in [3.8, 4) is 0 Å². The molecule has 96 valence electrons. The number of hydrogen-bond acceptors (Lipinski definition) is 1. The van der Waals surface area contributed by atoms with Gasteiger partial charge in [0, 0.05) is 6.04 Å². The molecule has 1 atom stereocenters. The number of nitrogens with one attached hydrogen (secondary N) is 1. The second kappa shape index (κ2) is 6.70. The largest absolute Gasteiger partial charge is 0.317 e. The van der Waals surface area contributed by atoms with Gasteiger partial charge in [0.15, 0.2) is 11.6 Å². The molecular formula is C14H21F2N. The standard InChI is InChI=1S/C14H21F2N/c1-10(2)14(17-3)6-4-5-11-7-8-12(15)13(16)9-11/h7-10,14,17H,4-6H2,1-3H3. The van der Waals surface area contributed by atoms with Gasteiger partial charge in [-0.25, -0.2) is 8.78 Å². The maximum atomic E-state index is 13.0. The summed E-state index contributed by atoms with van der Waals surface area (Å²) in [5, 5.41) is 3.27. The van der Waals surface area contributed by atoms with Crippen LogP contribution in [-0.2, 0) is 6.42 Å². The van der Waals surface area contributed by atoms with Crippen molar-refractivity contribution in [2.45, 2.75) is 39.2 Å². The second-order valence-corrected chi connectivity index (χ2v) is 4.78. The van der Waals surface area contributed by atoms with Gasteiger partial charge in [0.05, 0.1) is 0 Å². The maximum Gasteiger partial charge on any atom is 0.159 e. The van der Waals surface area contributed by atoms with Crippen LogP contribution >= 0.6 is 0 Å². The van der Waals surface area contributed by atoms with Gasteiger partial charge in [-0.2, -0.15) is 0 Å². The third-order valence-corrected chi connectivity index (χ3v) is 3.14. The fraction of sp³-hybridized carbons (Fsp3) is 0.571. The summed E-state index contributed by atoms with van der Waals surface area (Å²) in [7, 11) is 1.96. The highest BCUT2D eigenvalue weighted by Crippen LogP contribution is 2.14. The van der Waals surface area contributed by atoms with Crippen LogP contribution in [0.3, 0.4) is 0 Å². The Morgan fingerprint density at radius 3 is 2.41 bits per heavy atom. The first-order chi connectivity index (χ1) is 8.04. The van der Waals surface area contributed by atoms with Crippen molar-refractivity contribution < 1.29 is 8.78 Å². The number of aryl methyl sites for hydroxylation is 1. The normalized spacial score (nSPS) is 13.1. The summed E-state index contributed by atoms with van der Waals surface area (Å²) in [5.41, 5.74) is 0.863. The van der Waals surface area contributed by atoms with E-state index in [4.69, 9.17) is 0 Å². The molecule has 17 heavy (non-hydrogen) atoms. The molecule has 0 radical (unpaired) electrons. The highest BCUT2D eigenvalue weighted by atomic mass is 19.2. The van der Waals surface area contributed by atoms with Crippen LogP contribution in [0.15, 0.2) is 18.2 Å². The quantitative estimate of drug-likeness (QED) is 0.803. The Hall–Kier alpha value is -0.960. The number of hydrogen-bond donors (Lipinski definition) is 1. The Morgan fingerprint density at radius 1 is 1.18 bits per heavy atom. The van der Waals surface area contributed by atoms with Crippen molar-refractivity contribution in [3.63, 3.8) is 0 Å². The van der Waals surface area contributed by atoms with Crippen LogP contribution in [-0.4, -0.2) is 13.1 Å². The van der Waals surface area contributed by atoms with E-state index < -0.39 is 11.6 Å². The van der Waals surface area contributed by atoms with Crippen LogP contribution in [0.4, 0.5) is 8.78 Å². The Balaban J connectivity index is 2.42. The van der Waals surface area contributed by atoms with Crippen molar-refractivity contribution in [3.05, 3.63) is 35.4 Å².